The first-order chi connectivity index (χ1) is 7.79. The Morgan fingerprint density at radius 1 is 1.41 bits per heavy atom. The number of hydrogen-bond donors (Lipinski definition) is 2. The lowest BCUT2D eigenvalue weighted by Crippen LogP contribution is -2.22. The fourth-order valence-electron chi connectivity index (χ4n) is 1.30. The van der Waals surface area contributed by atoms with Crippen LogP contribution in [0.1, 0.15) is 38.9 Å². The van der Waals surface area contributed by atoms with Crippen molar-refractivity contribution in [3.63, 3.8) is 0 Å². The molecule has 0 heterocycles. The van der Waals surface area contributed by atoms with Gasteiger partial charge in [-0.15, -0.1) is 0 Å². The van der Waals surface area contributed by atoms with Crippen molar-refractivity contribution in [3.8, 4) is 5.75 Å². The lowest BCUT2D eigenvalue weighted by Gasteiger charge is -2.17. The Bertz CT molecular complexity index is 369. The predicted molar refractivity (Wildman–Crippen MR) is 63.4 cm³/mol. The predicted octanol–water partition coefficient (Wildman–Crippen LogP) is 2.42. The van der Waals surface area contributed by atoms with Gasteiger partial charge >= 0.3 is 0 Å². The molecule has 0 fully saturated rings. The second kappa shape index (κ2) is 5.47. The summed E-state index contributed by atoms with van der Waals surface area (Å²) in [5, 5.41) is 18.8. The van der Waals surface area contributed by atoms with E-state index < -0.39 is 17.5 Å². The Kier molecular flexibility index (Phi) is 4.48. The molecule has 1 aromatic rings. The molecule has 0 saturated carbocycles. The van der Waals surface area contributed by atoms with Crippen molar-refractivity contribution in [2.75, 3.05) is 6.61 Å². The largest absolute Gasteiger partial charge is 0.490 e. The summed E-state index contributed by atoms with van der Waals surface area (Å²) in [5.41, 5.74) is -0.312. The highest BCUT2D eigenvalue weighted by molar-refractivity contribution is 5.30. The van der Waals surface area contributed by atoms with Crippen molar-refractivity contribution in [1.29, 1.82) is 0 Å². The van der Waals surface area contributed by atoms with Gasteiger partial charge in [0, 0.05) is 6.42 Å². The first kappa shape index (κ1) is 13.9. The third kappa shape index (κ3) is 4.71. The van der Waals surface area contributed by atoms with E-state index in [1.807, 2.05) is 0 Å². The minimum Gasteiger partial charge on any atom is -0.490 e. The molecule has 0 unspecified atom stereocenters. The molecule has 0 saturated heterocycles. The SMILES string of the molecule is C[C@H](O)c1ccc(OCCC(C)(C)O)c(F)c1. The van der Waals surface area contributed by atoms with Gasteiger partial charge in [-0.1, -0.05) is 6.07 Å². The van der Waals surface area contributed by atoms with Crippen LogP contribution in [0.3, 0.4) is 0 Å². The van der Waals surface area contributed by atoms with E-state index in [1.165, 1.54) is 12.1 Å². The van der Waals surface area contributed by atoms with Crippen LogP contribution in [0.5, 0.6) is 5.75 Å². The molecule has 0 spiro atoms. The molecule has 0 radical (unpaired) electrons. The molecule has 0 aliphatic heterocycles. The van der Waals surface area contributed by atoms with Gasteiger partial charge in [0.05, 0.1) is 18.3 Å². The summed E-state index contributed by atoms with van der Waals surface area (Å²) in [5.74, 6) is -0.363. The minimum atomic E-state index is -0.823. The second-order valence-electron chi connectivity index (χ2n) is 4.78. The average molecular weight is 242 g/mol. The highest BCUT2D eigenvalue weighted by Crippen LogP contribution is 2.22. The Morgan fingerprint density at radius 3 is 2.53 bits per heavy atom. The van der Waals surface area contributed by atoms with Crippen LogP contribution in [0, 0.1) is 5.82 Å². The van der Waals surface area contributed by atoms with Crippen LogP contribution in [-0.2, 0) is 0 Å². The van der Waals surface area contributed by atoms with E-state index in [1.54, 1.807) is 26.8 Å². The fourth-order valence-corrected chi connectivity index (χ4v) is 1.30. The first-order valence-corrected chi connectivity index (χ1v) is 5.62. The van der Waals surface area contributed by atoms with E-state index in [2.05, 4.69) is 0 Å². The van der Waals surface area contributed by atoms with E-state index in [4.69, 9.17) is 4.74 Å². The third-order valence-electron chi connectivity index (χ3n) is 2.41. The molecule has 3 nitrogen and oxygen atoms in total. The Balaban J connectivity index is 2.61. The quantitative estimate of drug-likeness (QED) is 0.833. The topological polar surface area (TPSA) is 49.7 Å². The first-order valence-electron chi connectivity index (χ1n) is 5.62. The van der Waals surface area contributed by atoms with E-state index in [-0.39, 0.29) is 12.4 Å². The third-order valence-corrected chi connectivity index (χ3v) is 2.41. The standard InChI is InChI=1S/C13H19FO3/c1-9(15)10-4-5-12(11(14)8-10)17-7-6-13(2,3)16/h4-5,8-9,15-16H,6-7H2,1-3H3/t9-/m0/s1. The molecule has 0 amide bonds. The smallest absolute Gasteiger partial charge is 0.165 e. The van der Waals surface area contributed by atoms with E-state index in [0.717, 1.165) is 0 Å². The number of aliphatic hydroxyl groups excluding tert-OH is 1. The zero-order valence-electron chi connectivity index (χ0n) is 10.4. The van der Waals surface area contributed by atoms with Gasteiger partial charge in [-0.3, -0.25) is 0 Å². The number of halogens is 1. The number of aliphatic hydroxyl groups is 2. The van der Waals surface area contributed by atoms with Crippen LogP contribution in [-0.4, -0.2) is 22.4 Å². The van der Waals surface area contributed by atoms with Crippen LogP contribution in [0.25, 0.3) is 0 Å². The van der Waals surface area contributed by atoms with Gasteiger partial charge < -0.3 is 14.9 Å². The molecule has 1 aromatic carbocycles. The summed E-state index contributed by atoms with van der Waals surface area (Å²) in [7, 11) is 0. The highest BCUT2D eigenvalue weighted by Gasteiger charge is 2.13. The maximum atomic E-state index is 13.5. The number of ether oxygens (including phenoxy) is 1. The van der Waals surface area contributed by atoms with Gasteiger partial charge in [-0.25, -0.2) is 4.39 Å². The van der Waals surface area contributed by atoms with Crippen molar-refractivity contribution in [1.82, 2.24) is 0 Å². The zero-order valence-corrected chi connectivity index (χ0v) is 10.4. The maximum Gasteiger partial charge on any atom is 0.165 e. The molecule has 1 atom stereocenters. The number of rotatable bonds is 5. The Morgan fingerprint density at radius 2 is 2.06 bits per heavy atom. The van der Waals surface area contributed by atoms with Crippen LogP contribution >= 0.6 is 0 Å². The van der Waals surface area contributed by atoms with Gasteiger partial charge in [0.25, 0.3) is 0 Å². The molecule has 0 aliphatic carbocycles. The lowest BCUT2D eigenvalue weighted by molar-refractivity contribution is 0.0547. The van der Waals surface area contributed by atoms with E-state index >= 15 is 0 Å². The summed E-state index contributed by atoms with van der Waals surface area (Å²) in [4.78, 5) is 0. The molecule has 17 heavy (non-hydrogen) atoms. The van der Waals surface area contributed by atoms with Crippen LogP contribution in [0.2, 0.25) is 0 Å². The molecular weight excluding hydrogens is 223 g/mol. The zero-order chi connectivity index (χ0) is 13.1. The van der Waals surface area contributed by atoms with E-state index in [9.17, 15) is 14.6 Å². The molecule has 0 aromatic heterocycles. The molecule has 0 aliphatic rings. The van der Waals surface area contributed by atoms with Crippen LogP contribution < -0.4 is 4.74 Å². The molecule has 4 heteroatoms. The van der Waals surface area contributed by atoms with Gasteiger partial charge in [0.2, 0.25) is 0 Å². The normalized spacial score (nSPS) is 13.5. The van der Waals surface area contributed by atoms with Crippen LogP contribution in [0.4, 0.5) is 4.39 Å². The lowest BCUT2D eigenvalue weighted by atomic mass is 10.1. The summed E-state index contributed by atoms with van der Waals surface area (Å²) in [6.45, 7) is 5.16. The second-order valence-corrected chi connectivity index (χ2v) is 4.78. The fraction of sp³-hybridized carbons (Fsp3) is 0.538. The van der Waals surface area contributed by atoms with Crippen molar-refractivity contribution in [2.24, 2.45) is 0 Å². The highest BCUT2D eigenvalue weighted by atomic mass is 19.1. The van der Waals surface area contributed by atoms with Gasteiger partial charge in [-0.05, 0) is 38.5 Å². The van der Waals surface area contributed by atoms with Crippen molar-refractivity contribution in [2.45, 2.75) is 38.9 Å². The average Bonchev–Trinajstić information content (AvgIpc) is 2.18. The maximum absolute atomic E-state index is 13.5. The number of hydrogen-bond acceptors (Lipinski definition) is 3. The van der Waals surface area contributed by atoms with Crippen molar-refractivity contribution in [3.05, 3.63) is 29.6 Å². The van der Waals surface area contributed by atoms with Gasteiger partial charge in [0.15, 0.2) is 11.6 Å². The van der Waals surface area contributed by atoms with Crippen LogP contribution in [0.15, 0.2) is 18.2 Å². The minimum absolute atomic E-state index is 0.138. The Hall–Kier alpha value is -1.13. The van der Waals surface area contributed by atoms with Crippen molar-refractivity contribution < 1.29 is 19.3 Å². The molecule has 1 rings (SSSR count). The molecule has 96 valence electrons. The molecule has 0 bridgehead atoms. The van der Waals surface area contributed by atoms with Crippen molar-refractivity contribution >= 4 is 0 Å². The number of benzene rings is 1. The molecular formula is C13H19FO3. The summed E-state index contributed by atoms with van der Waals surface area (Å²) in [6.07, 6.45) is -0.278. The Labute approximate surface area is 101 Å². The summed E-state index contributed by atoms with van der Waals surface area (Å²) >= 11 is 0. The summed E-state index contributed by atoms with van der Waals surface area (Å²) in [6, 6.07) is 4.36. The van der Waals surface area contributed by atoms with Gasteiger partial charge in [-0.2, -0.15) is 0 Å². The monoisotopic (exact) mass is 242 g/mol. The van der Waals surface area contributed by atoms with E-state index in [0.29, 0.717) is 12.0 Å². The van der Waals surface area contributed by atoms with Gasteiger partial charge in [0.1, 0.15) is 0 Å². The molecule has 2 N–H and O–H groups in total. The summed E-state index contributed by atoms with van der Waals surface area (Å²) < 4.78 is 18.8.